The van der Waals surface area contributed by atoms with E-state index in [-0.39, 0.29) is 11.5 Å². The van der Waals surface area contributed by atoms with Crippen molar-refractivity contribution in [1.29, 1.82) is 5.26 Å². The van der Waals surface area contributed by atoms with Crippen LogP contribution in [0.4, 0.5) is 5.82 Å². The third kappa shape index (κ3) is 1.27. The molecule has 2 aromatic heterocycles. The minimum absolute atomic E-state index is 0.127. The number of nitrogens with zero attached hydrogens (tertiary/aromatic N) is 5. The van der Waals surface area contributed by atoms with E-state index in [2.05, 4.69) is 15.2 Å². The summed E-state index contributed by atoms with van der Waals surface area (Å²) in [7, 11) is 0. The molecule has 0 radical (unpaired) electrons. The Hall–Kier alpha value is -2.42. The van der Waals surface area contributed by atoms with Crippen LogP contribution < -0.4 is 5.73 Å². The van der Waals surface area contributed by atoms with Crippen LogP contribution in [0.1, 0.15) is 5.69 Å². The lowest BCUT2D eigenvalue weighted by atomic mass is 10.4. The van der Waals surface area contributed by atoms with Gasteiger partial charge in [-0.1, -0.05) is 0 Å². The molecule has 6 heteroatoms. The fourth-order valence-electron chi connectivity index (χ4n) is 0.990. The normalized spacial score (nSPS) is 9.64. The van der Waals surface area contributed by atoms with Gasteiger partial charge in [0.05, 0.1) is 5.69 Å². The predicted octanol–water partition coefficient (Wildman–Crippen LogP) is 0.116. The molecular weight excluding hydrogens is 180 g/mol. The molecule has 0 fully saturated rings. The van der Waals surface area contributed by atoms with Crippen molar-refractivity contribution in [2.24, 2.45) is 0 Å². The van der Waals surface area contributed by atoms with Crippen molar-refractivity contribution in [3.63, 3.8) is 0 Å². The van der Waals surface area contributed by atoms with E-state index in [0.29, 0.717) is 5.69 Å². The maximum absolute atomic E-state index is 8.62. The Bertz CT molecular complexity index is 480. The molecule has 2 heterocycles. The summed E-state index contributed by atoms with van der Waals surface area (Å²) in [6.07, 6.45) is 3.22. The van der Waals surface area contributed by atoms with Crippen LogP contribution in [0.2, 0.25) is 0 Å². The summed E-state index contributed by atoms with van der Waals surface area (Å²) in [4.78, 5) is 5.16. The molecule has 2 aromatic rings. The van der Waals surface area contributed by atoms with Gasteiger partial charge in [-0.2, -0.15) is 5.26 Å². The van der Waals surface area contributed by atoms with E-state index >= 15 is 0 Å². The maximum atomic E-state index is 8.62. The highest BCUT2D eigenvalue weighted by molar-refractivity contribution is 5.43. The highest BCUT2D eigenvalue weighted by Gasteiger charge is 2.07. The third-order valence-electron chi connectivity index (χ3n) is 1.64. The number of rotatable bonds is 1. The molecule has 0 saturated heterocycles. The summed E-state index contributed by atoms with van der Waals surface area (Å²) in [6, 6.07) is 5.30. The molecule has 0 bridgehead atoms. The number of pyridine rings is 1. The van der Waals surface area contributed by atoms with Gasteiger partial charge in [0.1, 0.15) is 6.07 Å². The maximum Gasteiger partial charge on any atom is 0.206 e. The fourth-order valence-corrected chi connectivity index (χ4v) is 0.990. The molecule has 68 valence electrons. The molecule has 0 amide bonds. The summed E-state index contributed by atoms with van der Waals surface area (Å²) in [6.45, 7) is 0. The molecule has 0 spiro atoms. The Morgan fingerprint density at radius 1 is 1.29 bits per heavy atom. The summed E-state index contributed by atoms with van der Waals surface area (Å²) in [5, 5.41) is 16.4. The minimum atomic E-state index is 0.127. The summed E-state index contributed by atoms with van der Waals surface area (Å²) >= 11 is 0. The summed E-state index contributed by atoms with van der Waals surface area (Å²) < 4.78 is 0. The van der Waals surface area contributed by atoms with Gasteiger partial charge < -0.3 is 5.73 Å². The Balaban J connectivity index is 2.50. The van der Waals surface area contributed by atoms with Crippen LogP contribution in [0.3, 0.4) is 0 Å². The average molecular weight is 186 g/mol. The van der Waals surface area contributed by atoms with E-state index in [9.17, 15) is 0 Å². The van der Waals surface area contributed by atoms with Gasteiger partial charge in [0.2, 0.25) is 5.69 Å². The first kappa shape index (κ1) is 8.19. The Morgan fingerprint density at radius 2 is 2.00 bits per heavy atom. The van der Waals surface area contributed by atoms with Crippen LogP contribution in [-0.2, 0) is 0 Å². The van der Waals surface area contributed by atoms with Crippen molar-refractivity contribution in [2.45, 2.75) is 0 Å². The Morgan fingerprint density at radius 3 is 2.57 bits per heavy atom. The summed E-state index contributed by atoms with van der Waals surface area (Å²) in [5.41, 5.74) is 6.30. The van der Waals surface area contributed by atoms with Gasteiger partial charge in [0.25, 0.3) is 0 Å². The van der Waals surface area contributed by atoms with E-state index in [1.165, 1.54) is 4.80 Å². The molecule has 2 N–H and O–H groups in total. The zero-order valence-corrected chi connectivity index (χ0v) is 7.12. The van der Waals surface area contributed by atoms with Crippen molar-refractivity contribution >= 4 is 5.82 Å². The number of hydrogen-bond donors (Lipinski definition) is 1. The second-order valence-corrected chi connectivity index (χ2v) is 2.54. The zero-order chi connectivity index (χ0) is 9.97. The lowest BCUT2D eigenvalue weighted by molar-refractivity contribution is 0.750. The van der Waals surface area contributed by atoms with Crippen LogP contribution >= 0.6 is 0 Å². The molecule has 0 aliphatic heterocycles. The van der Waals surface area contributed by atoms with Crippen LogP contribution in [0, 0.1) is 11.3 Å². The first-order valence-electron chi connectivity index (χ1n) is 3.84. The zero-order valence-electron chi connectivity index (χ0n) is 7.12. The molecule has 0 aliphatic rings. The quantitative estimate of drug-likeness (QED) is 0.682. The number of nitrogen functional groups attached to an aromatic ring is 1. The van der Waals surface area contributed by atoms with Crippen LogP contribution in [-0.4, -0.2) is 20.0 Å². The van der Waals surface area contributed by atoms with E-state index in [1.54, 1.807) is 24.5 Å². The van der Waals surface area contributed by atoms with Gasteiger partial charge in [-0.3, -0.25) is 4.98 Å². The number of nitrogens with two attached hydrogens (primary N) is 1. The molecule has 0 aromatic carbocycles. The predicted molar refractivity (Wildman–Crippen MR) is 48.3 cm³/mol. The van der Waals surface area contributed by atoms with Gasteiger partial charge in [0, 0.05) is 12.4 Å². The number of nitriles is 1. The molecule has 0 unspecified atom stereocenters. The van der Waals surface area contributed by atoms with E-state index in [4.69, 9.17) is 11.0 Å². The SMILES string of the molecule is N#Cc1nn(-c2ccncc2)nc1N. The lowest BCUT2D eigenvalue weighted by Crippen LogP contribution is -1.99. The van der Waals surface area contributed by atoms with Gasteiger partial charge in [-0.05, 0) is 12.1 Å². The number of anilines is 1. The third-order valence-corrected chi connectivity index (χ3v) is 1.64. The van der Waals surface area contributed by atoms with Crippen molar-refractivity contribution < 1.29 is 0 Å². The second-order valence-electron chi connectivity index (χ2n) is 2.54. The molecule has 14 heavy (non-hydrogen) atoms. The molecule has 0 aliphatic carbocycles. The van der Waals surface area contributed by atoms with Crippen molar-refractivity contribution in [2.75, 3.05) is 5.73 Å². The van der Waals surface area contributed by atoms with Crippen molar-refractivity contribution in [1.82, 2.24) is 20.0 Å². The smallest absolute Gasteiger partial charge is 0.206 e. The topological polar surface area (TPSA) is 93.4 Å². The minimum Gasteiger partial charge on any atom is -0.380 e. The van der Waals surface area contributed by atoms with Gasteiger partial charge in [0.15, 0.2) is 5.82 Å². The van der Waals surface area contributed by atoms with Gasteiger partial charge >= 0.3 is 0 Å². The molecule has 6 nitrogen and oxygen atoms in total. The second kappa shape index (κ2) is 3.14. The number of hydrogen-bond acceptors (Lipinski definition) is 5. The van der Waals surface area contributed by atoms with Crippen LogP contribution in [0.5, 0.6) is 0 Å². The van der Waals surface area contributed by atoms with Gasteiger partial charge in [-0.15, -0.1) is 15.0 Å². The first-order chi connectivity index (χ1) is 6.81. The van der Waals surface area contributed by atoms with Gasteiger partial charge in [-0.25, -0.2) is 0 Å². The number of aromatic nitrogens is 4. The van der Waals surface area contributed by atoms with E-state index in [0.717, 1.165) is 0 Å². The van der Waals surface area contributed by atoms with Crippen LogP contribution in [0.25, 0.3) is 5.69 Å². The first-order valence-corrected chi connectivity index (χ1v) is 3.84. The molecule has 0 saturated carbocycles. The summed E-state index contributed by atoms with van der Waals surface area (Å²) in [5.74, 6) is 0.129. The highest BCUT2D eigenvalue weighted by atomic mass is 15.5. The van der Waals surface area contributed by atoms with Crippen molar-refractivity contribution in [3.8, 4) is 11.8 Å². The monoisotopic (exact) mass is 186 g/mol. The van der Waals surface area contributed by atoms with Crippen LogP contribution in [0.15, 0.2) is 24.5 Å². The molecule has 0 atom stereocenters. The Kier molecular flexibility index (Phi) is 1.84. The van der Waals surface area contributed by atoms with Crippen molar-refractivity contribution in [3.05, 3.63) is 30.2 Å². The Labute approximate surface area is 79.6 Å². The highest BCUT2D eigenvalue weighted by Crippen LogP contribution is 2.07. The molecule has 2 rings (SSSR count). The van der Waals surface area contributed by atoms with E-state index in [1.807, 2.05) is 6.07 Å². The fraction of sp³-hybridized carbons (Fsp3) is 0. The van der Waals surface area contributed by atoms with E-state index < -0.39 is 0 Å². The largest absolute Gasteiger partial charge is 0.380 e. The average Bonchev–Trinajstić information content (AvgIpc) is 2.61. The lowest BCUT2D eigenvalue weighted by Gasteiger charge is -1.95. The standard InChI is InChI=1S/C8H6N6/c9-5-7-8(10)13-14(12-7)6-1-3-11-4-2-6/h1-4H,(H2,10,13). The molecular formula is C8H6N6.